The first-order valence-corrected chi connectivity index (χ1v) is 7.11. The molecule has 1 unspecified atom stereocenters. The normalized spacial score (nSPS) is 12.9. The van der Waals surface area contributed by atoms with E-state index in [0.717, 1.165) is 26.2 Å². The third-order valence-corrected chi connectivity index (χ3v) is 3.51. The van der Waals surface area contributed by atoms with Crippen molar-refractivity contribution < 1.29 is 4.74 Å². The largest absolute Gasteiger partial charge is 0.382 e. The quantitative estimate of drug-likeness (QED) is 0.667. The van der Waals surface area contributed by atoms with Crippen molar-refractivity contribution in [1.29, 1.82) is 0 Å². The summed E-state index contributed by atoms with van der Waals surface area (Å²) in [6.07, 6.45) is 3.54. The Bertz CT molecular complexity index is 248. The van der Waals surface area contributed by atoms with Gasteiger partial charge >= 0.3 is 0 Å². The van der Waals surface area contributed by atoms with E-state index in [4.69, 9.17) is 4.74 Å². The number of nitrogens with one attached hydrogen (secondary N) is 1. The van der Waals surface area contributed by atoms with Crippen molar-refractivity contribution in [1.82, 2.24) is 5.32 Å². The number of ether oxygens (including phenoxy) is 1. The zero-order chi connectivity index (χ0) is 11.6. The van der Waals surface area contributed by atoms with Gasteiger partial charge in [0.25, 0.3) is 0 Å². The zero-order valence-electron chi connectivity index (χ0n) is 10.4. The van der Waals surface area contributed by atoms with Crippen LogP contribution in [0.2, 0.25) is 0 Å². The second kappa shape index (κ2) is 8.74. The van der Waals surface area contributed by atoms with E-state index in [0.29, 0.717) is 6.04 Å². The molecule has 0 fully saturated rings. The summed E-state index contributed by atoms with van der Waals surface area (Å²) in [5.74, 6) is 0. The Morgan fingerprint density at radius 1 is 1.44 bits per heavy atom. The summed E-state index contributed by atoms with van der Waals surface area (Å²) in [7, 11) is 0. The first kappa shape index (κ1) is 13.7. The highest BCUT2D eigenvalue weighted by molar-refractivity contribution is 7.10. The Morgan fingerprint density at radius 2 is 2.31 bits per heavy atom. The van der Waals surface area contributed by atoms with Crippen LogP contribution in [0.3, 0.4) is 0 Å². The smallest absolute Gasteiger partial charge is 0.0477 e. The lowest BCUT2D eigenvalue weighted by Gasteiger charge is -2.16. The molecule has 1 rings (SSSR count). The maximum atomic E-state index is 5.33. The second-order valence-corrected chi connectivity index (χ2v) is 4.84. The molecule has 0 saturated carbocycles. The maximum Gasteiger partial charge on any atom is 0.0477 e. The predicted octanol–water partition coefficient (Wildman–Crippen LogP) is 3.61. The molecule has 0 aliphatic carbocycles. The summed E-state index contributed by atoms with van der Waals surface area (Å²) in [5, 5.41) is 5.77. The van der Waals surface area contributed by atoms with Crippen LogP contribution in [0.5, 0.6) is 0 Å². The number of rotatable bonds is 9. The van der Waals surface area contributed by atoms with E-state index in [-0.39, 0.29) is 0 Å². The van der Waals surface area contributed by atoms with Crippen LogP contribution in [0.25, 0.3) is 0 Å². The molecule has 1 heterocycles. The minimum atomic E-state index is 0.534. The summed E-state index contributed by atoms with van der Waals surface area (Å²) < 4.78 is 5.33. The van der Waals surface area contributed by atoms with Gasteiger partial charge < -0.3 is 10.1 Å². The van der Waals surface area contributed by atoms with Crippen molar-refractivity contribution in [2.24, 2.45) is 0 Å². The molecule has 0 bridgehead atoms. The van der Waals surface area contributed by atoms with Gasteiger partial charge in [-0.15, -0.1) is 11.3 Å². The first-order valence-electron chi connectivity index (χ1n) is 6.23. The second-order valence-electron chi connectivity index (χ2n) is 3.86. The lowest BCUT2D eigenvalue weighted by atomic mass is 10.1. The molecule has 0 saturated heterocycles. The Morgan fingerprint density at radius 3 is 2.94 bits per heavy atom. The van der Waals surface area contributed by atoms with E-state index in [1.54, 1.807) is 0 Å². The summed E-state index contributed by atoms with van der Waals surface area (Å²) in [4.78, 5) is 1.46. The van der Waals surface area contributed by atoms with E-state index < -0.39 is 0 Å². The molecule has 1 aromatic heterocycles. The number of thiophene rings is 1. The molecule has 92 valence electrons. The fourth-order valence-corrected chi connectivity index (χ4v) is 2.55. The molecule has 0 amide bonds. The molecule has 0 radical (unpaired) electrons. The maximum absolute atomic E-state index is 5.33. The van der Waals surface area contributed by atoms with Gasteiger partial charge in [-0.2, -0.15) is 0 Å². The van der Waals surface area contributed by atoms with Gasteiger partial charge in [0.15, 0.2) is 0 Å². The molecule has 1 atom stereocenters. The van der Waals surface area contributed by atoms with Gasteiger partial charge in [0, 0.05) is 24.1 Å². The molecule has 0 spiro atoms. The third kappa shape index (κ3) is 5.10. The minimum absolute atomic E-state index is 0.534. The van der Waals surface area contributed by atoms with Gasteiger partial charge in [-0.25, -0.2) is 0 Å². The number of hydrogen-bond acceptors (Lipinski definition) is 3. The lowest BCUT2D eigenvalue weighted by Crippen LogP contribution is -2.22. The van der Waals surface area contributed by atoms with Gasteiger partial charge in [0.05, 0.1) is 0 Å². The van der Waals surface area contributed by atoms with Crippen molar-refractivity contribution in [3.05, 3.63) is 22.4 Å². The SMILES string of the molecule is CCCC(NCCCOCC)c1cccs1. The van der Waals surface area contributed by atoms with Gasteiger partial charge in [-0.05, 0) is 37.8 Å². The van der Waals surface area contributed by atoms with E-state index in [2.05, 4.69) is 29.8 Å². The third-order valence-electron chi connectivity index (χ3n) is 2.52. The Hall–Kier alpha value is -0.380. The van der Waals surface area contributed by atoms with Crippen LogP contribution in [-0.2, 0) is 4.74 Å². The molecular formula is C13H23NOS. The molecule has 1 N–H and O–H groups in total. The summed E-state index contributed by atoms with van der Waals surface area (Å²) in [6.45, 7) is 7.01. The van der Waals surface area contributed by atoms with Gasteiger partial charge in [-0.1, -0.05) is 19.4 Å². The summed E-state index contributed by atoms with van der Waals surface area (Å²) in [6, 6.07) is 4.89. The van der Waals surface area contributed by atoms with E-state index in [1.165, 1.54) is 17.7 Å². The topological polar surface area (TPSA) is 21.3 Å². The highest BCUT2D eigenvalue weighted by Gasteiger charge is 2.09. The minimum Gasteiger partial charge on any atom is -0.382 e. The molecule has 0 aromatic carbocycles. The molecule has 0 aliphatic rings. The predicted molar refractivity (Wildman–Crippen MR) is 71.1 cm³/mol. The van der Waals surface area contributed by atoms with Crippen molar-refractivity contribution >= 4 is 11.3 Å². The zero-order valence-corrected chi connectivity index (χ0v) is 11.2. The monoisotopic (exact) mass is 241 g/mol. The van der Waals surface area contributed by atoms with Crippen molar-refractivity contribution in [3.63, 3.8) is 0 Å². The molecule has 16 heavy (non-hydrogen) atoms. The molecule has 3 heteroatoms. The van der Waals surface area contributed by atoms with Crippen LogP contribution >= 0.6 is 11.3 Å². The van der Waals surface area contributed by atoms with Crippen molar-refractivity contribution in [2.75, 3.05) is 19.8 Å². The van der Waals surface area contributed by atoms with Crippen LogP contribution in [0, 0.1) is 0 Å². The van der Waals surface area contributed by atoms with Crippen LogP contribution in [-0.4, -0.2) is 19.8 Å². The fourth-order valence-electron chi connectivity index (χ4n) is 1.72. The van der Waals surface area contributed by atoms with Gasteiger partial charge in [0.1, 0.15) is 0 Å². The molecular weight excluding hydrogens is 218 g/mol. The Balaban J connectivity index is 2.24. The average Bonchev–Trinajstić information content (AvgIpc) is 2.81. The van der Waals surface area contributed by atoms with Crippen LogP contribution < -0.4 is 5.32 Å². The van der Waals surface area contributed by atoms with Crippen molar-refractivity contribution in [2.45, 2.75) is 39.2 Å². The first-order chi connectivity index (χ1) is 7.88. The van der Waals surface area contributed by atoms with E-state index >= 15 is 0 Å². The lowest BCUT2D eigenvalue weighted by molar-refractivity contribution is 0.144. The molecule has 1 aromatic rings. The number of hydrogen-bond donors (Lipinski definition) is 1. The standard InChI is InChI=1S/C13H23NOS/c1-3-7-12(13-8-5-11-16-13)14-9-6-10-15-4-2/h5,8,11-12,14H,3-4,6-7,9-10H2,1-2H3. The van der Waals surface area contributed by atoms with Gasteiger partial charge in [0.2, 0.25) is 0 Å². The van der Waals surface area contributed by atoms with Crippen LogP contribution in [0.4, 0.5) is 0 Å². The van der Waals surface area contributed by atoms with Crippen molar-refractivity contribution in [3.8, 4) is 0 Å². The summed E-state index contributed by atoms with van der Waals surface area (Å²) >= 11 is 1.85. The molecule has 2 nitrogen and oxygen atoms in total. The van der Waals surface area contributed by atoms with Gasteiger partial charge in [-0.3, -0.25) is 0 Å². The Kier molecular flexibility index (Phi) is 7.47. The van der Waals surface area contributed by atoms with E-state index in [1.807, 2.05) is 18.3 Å². The van der Waals surface area contributed by atoms with Crippen LogP contribution in [0.1, 0.15) is 44.0 Å². The summed E-state index contributed by atoms with van der Waals surface area (Å²) in [5.41, 5.74) is 0. The highest BCUT2D eigenvalue weighted by Crippen LogP contribution is 2.22. The highest BCUT2D eigenvalue weighted by atomic mass is 32.1. The fraction of sp³-hybridized carbons (Fsp3) is 0.692. The average molecular weight is 241 g/mol. The van der Waals surface area contributed by atoms with Crippen LogP contribution in [0.15, 0.2) is 17.5 Å². The van der Waals surface area contributed by atoms with E-state index in [9.17, 15) is 0 Å². The Labute approximate surface area is 103 Å². The molecule has 0 aliphatic heterocycles.